The first-order valence-electron chi connectivity index (χ1n) is 6.52. The van der Waals surface area contributed by atoms with E-state index >= 15 is 0 Å². The molecule has 0 N–H and O–H groups in total. The van der Waals surface area contributed by atoms with Crippen molar-refractivity contribution in [3.05, 3.63) is 59.7 Å². The lowest BCUT2D eigenvalue weighted by atomic mass is 9.93. The normalized spacial score (nSPS) is 11.8. The van der Waals surface area contributed by atoms with Crippen molar-refractivity contribution < 1.29 is 14.3 Å². The van der Waals surface area contributed by atoms with E-state index in [0.29, 0.717) is 5.75 Å². The van der Waals surface area contributed by atoms with Gasteiger partial charge in [-0.25, -0.2) is 0 Å². The molecule has 0 aliphatic rings. The van der Waals surface area contributed by atoms with Crippen molar-refractivity contribution in [1.29, 1.82) is 0 Å². The van der Waals surface area contributed by atoms with Gasteiger partial charge in [0.2, 0.25) is 0 Å². The van der Waals surface area contributed by atoms with Crippen LogP contribution in [0.25, 0.3) is 0 Å². The zero-order valence-electron chi connectivity index (χ0n) is 11.9. The van der Waals surface area contributed by atoms with Gasteiger partial charge in [-0.2, -0.15) is 0 Å². The first kappa shape index (κ1) is 14.1. The number of carbonyl (C=O) groups is 1. The minimum Gasteiger partial charge on any atom is -0.497 e. The summed E-state index contributed by atoms with van der Waals surface area (Å²) in [6.07, 6.45) is 0. The van der Waals surface area contributed by atoms with Gasteiger partial charge in [-0.15, -0.1) is 0 Å². The second-order valence-electron chi connectivity index (χ2n) is 4.66. The molecule has 2 rings (SSSR count). The van der Waals surface area contributed by atoms with Gasteiger partial charge in [0.15, 0.2) is 0 Å². The van der Waals surface area contributed by atoms with Crippen LogP contribution in [0.2, 0.25) is 0 Å². The molecule has 0 amide bonds. The van der Waals surface area contributed by atoms with Crippen molar-refractivity contribution in [2.24, 2.45) is 0 Å². The molecular weight excluding hydrogens is 252 g/mol. The van der Waals surface area contributed by atoms with Gasteiger partial charge < -0.3 is 9.47 Å². The van der Waals surface area contributed by atoms with Crippen LogP contribution in [0.1, 0.15) is 30.9 Å². The molecule has 0 aliphatic carbocycles. The van der Waals surface area contributed by atoms with Crippen molar-refractivity contribution in [3.8, 4) is 11.5 Å². The number of carbonyl (C=O) groups excluding carboxylic acids is 1. The van der Waals surface area contributed by atoms with Crippen LogP contribution in [0.3, 0.4) is 0 Å². The molecule has 104 valence electrons. The molecule has 0 radical (unpaired) electrons. The second-order valence-corrected chi connectivity index (χ2v) is 4.66. The van der Waals surface area contributed by atoms with Crippen molar-refractivity contribution in [2.45, 2.75) is 19.8 Å². The molecule has 1 unspecified atom stereocenters. The first-order chi connectivity index (χ1) is 9.60. The molecule has 3 nitrogen and oxygen atoms in total. The molecule has 20 heavy (non-hydrogen) atoms. The van der Waals surface area contributed by atoms with Gasteiger partial charge in [-0.3, -0.25) is 4.79 Å². The highest BCUT2D eigenvalue weighted by Gasteiger charge is 2.09. The Kier molecular flexibility index (Phi) is 4.41. The maximum Gasteiger partial charge on any atom is 0.308 e. The molecule has 1 atom stereocenters. The lowest BCUT2D eigenvalue weighted by molar-refractivity contribution is -0.131. The fourth-order valence-electron chi connectivity index (χ4n) is 2.08. The average Bonchev–Trinajstić information content (AvgIpc) is 2.47. The predicted octanol–water partition coefficient (Wildman–Crippen LogP) is 3.77. The maximum atomic E-state index is 10.9. The van der Waals surface area contributed by atoms with Gasteiger partial charge in [-0.05, 0) is 35.4 Å². The Morgan fingerprint density at radius 3 is 1.75 bits per heavy atom. The molecule has 2 aromatic rings. The van der Waals surface area contributed by atoms with Crippen LogP contribution in [0.5, 0.6) is 11.5 Å². The summed E-state index contributed by atoms with van der Waals surface area (Å²) < 4.78 is 10.2. The van der Waals surface area contributed by atoms with Gasteiger partial charge in [-0.1, -0.05) is 31.2 Å². The van der Waals surface area contributed by atoms with Gasteiger partial charge in [0.05, 0.1) is 7.11 Å². The largest absolute Gasteiger partial charge is 0.497 e. The second kappa shape index (κ2) is 6.24. The molecule has 0 saturated carbocycles. The van der Waals surface area contributed by atoms with Crippen LogP contribution in [0, 0.1) is 0 Å². The number of rotatable bonds is 4. The number of esters is 1. The van der Waals surface area contributed by atoms with Gasteiger partial charge in [0.1, 0.15) is 11.5 Å². The summed E-state index contributed by atoms with van der Waals surface area (Å²) in [5.74, 6) is 1.39. The van der Waals surface area contributed by atoms with E-state index in [9.17, 15) is 4.79 Å². The maximum absolute atomic E-state index is 10.9. The third-order valence-electron chi connectivity index (χ3n) is 3.26. The van der Waals surface area contributed by atoms with Gasteiger partial charge in [0, 0.05) is 12.8 Å². The highest BCUT2D eigenvalue weighted by Crippen LogP contribution is 2.27. The summed E-state index contributed by atoms with van der Waals surface area (Å²) in [6.45, 7) is 3.54. The van der Waals surface area contributed by atoms with Gasteiger partial charge in [0.25, 0.3) is 0 Å². The Hall–Kier alpha value is -2.29. The number of benzene rings is 2. The topological polar surface area (TPSA) is 35.5 Å². The number of ether oxygens (including phenoxy) is 2. The lowest BCUT2D eigenvalue weighted by Gasteiger charge is -2.13. The van der Waals surface area contributed by atoms with E-state index in [2.05, 4.69) is 19.1 Å². The van der Waals surface area contributed by atoms with E-state index < -0.39 is 0 Å². The fourth-order valence-corrected chi connectivity index (χ4v) is 2.08. The lowest BCUT2D eigenvalue weighted by Crippen LogP contribution is -2.02. The quantitative estimate of drug-likeness (QED) is 0.626. The monoisotopic (exact) mass is 270 g/mol. The SMILES string of the molecule is COc1ccc(C(C)c2ccc(OC(C)=O)cc2)cc1. The standard InChI is InChI=1S/C17H18O3/c1-12(14-4-8-16(19-3)9-5-14)15-6-10-17(11-7-15)20-13(2)18/h4-12H,1-3H3. The van der Waals surface area contributed by atoms with E-state index in [1.807, 2.05) is 36.4 Å². The molecule has 0 aromatic heterocycles. The minimum absolute atomic E-state index is 0.271. The predicted molar refractivity (Wildman–Crippen MR) is 78.3 cm³/mol. The minimum atomic E-state index is -0.305. The van der Waals surface area contributed by atoms with Crippen molar-refractivity contribution in [2.75, 3.05) is 7.11 Å². The Morgan fingerprint density at radius 2 is 1.35 bits per heavy atom. The zero-order chi connectivity index (χ0) is 14.5. The Balaban J connectivity index is 2.15. The summed E-state index contributed by atoms with van der Waals surface area (Å²) in [5.41, 5.74) is 2.39. The van der Waals surface area contributed by atoms with Crippen LogP contribution in [-0.2, 0) is 4.79 Å². The Labute approximate surface area is 119 Å². The van der Waals surface area contributed by atoms with Crippen LogP contribution >= 0.6 is 0 Å². The summed E-state index contributed by atoms with van der Waals surface area (Å²) in [5, 5.41) is 0. The Bertz CT molecular complexity index is 570. The third kappa shape index (κ3) is 3.38. The molecule has 0 fully saturated rings. The number of hydrogen-bond donors (Lipinski definition) is 0. The van der Waals surface area contributed by atoms with Crippen LogP contribution in [0.4, 0.5) is 0 Å². The van der Waals surface area contributed by atoms with Crippen molar-refractivity contribution in [3.63, 3.8) is 0 Å². The number of hydrogen-bond acceptors (Lipinski definition) is 3. The Morgan fingerprint density at radius 1 is 0.900 bits per heavy atom. The first-order valence-corrected chi connectivity index (χ1v) is 6.52. The molecule has 0 bridgehead atoms. The third-order valence-corrected chi connectivity index (χ3v) is 3.26. The smallest absolute Gasteiger partial charge is 0.308 e. The number of methoxy groups -OCH3 is 1. The molecule has 2 aromatic carbocycles. The van der Waals surface area contributed by atoms with Crippen LogP contribution in [0.15, 0.2) is 48.5 Å². The molecule has 0 saturated heterocycles. The van der Waals surface area contributed by atoms with Crippen molar-refractivity contribution >= 4 is 5.97 Å². The van der Waals surface area contributed by atoms with Gasteiger partial charge >= 0.3 is 5.97 Å². The fraction of sp³-hybridized carbons (Fsp3) is 0.235. The molecule has 0 spiro atoms. The van der Waals surface area contributed by atoms with E-state index in [1.54, 1.807) is 7.11 Å². The molecule has 3 heteroatoms. The summed E-state index contributed by atoms with van der Waals surface area (Å²) >= 11 is 0. The van der Waals surface area contributed by atoms with E-state index in [4.69, 9.17) is 9.47 Å². The van der Waals surface area contributed by atoms with E-state index in [0.717, 1.165) is 5.75 Å². The highest BCUT2D eigenvalue weighted by atomic mass is 16.5. The molecule has 0 aliphatic heterocycles. The highest BCUT2D eigenvalue weighted by molar-refractivity contribution is 5.69. The summed E-state index contributed by atoms with van der Waals surface area (Å²) in [6, 6.07) is 15.6. The van der Waals surface area contributed by atoms with E-state index in [-0.39, 0.29) is 11.9 Å². The summed E-state index contributed by atoms with van der Waals surface area (Å²) in [4.78, 5) is 10.9. The van der Waals surface area contributed by atoms with E-state index in [1.165, 1.54) is 18.1 Å². The van der Waals surface area contributed by atoms with Crippen LogP contribution in [-0.4, -0.2) is 13.1 Å². The molecule has 0 heterocycles. The average molecular weight is 270 g/mol. The zero-order valence-corrected chi connectivity index (χ0v) is 11.9. The van der Waals surface area contributed by atoms with Crippen molar-refractivity contribution in [1.82, 2.24) is 0 Å². The molecular formula is C17H18O3. The summed E-state index contributed by atoms with van der Waals surface area (Å²) in [7, 11) is 1.66. The van der Waals surface area contributed by atoms with Crippen LogP contribution < -0.4 is 9.47 Å².